The lowest BCUT2D eigenvalue weighted by Gasteiger charge is -2.16. The van der Waals surface area contributed by atoms with Gasteiger partial charge in [-0.25, -0.2) is 0 Å². The maximum absolute atomic E-state index is 12.5. The number of nitrogens with zero attached hydrogens (tertiary/aromatic N) is 2. The van der Waals surface area contributed by atoms with Crippen molar-refractivity contribution >= 4 is 63.6 Å². The summed E-state index contributed by atoms with van der Waals surface area (Å²) in [6, 6.07) is 9.38. The Labute approximate surface area is 180 Å². The number of fused-ring (bicyclic) bond motifs is 1. The highest BCUT2D eigenvalue weighted by Gasteiger charge is 2.37. The Hall–Kier alpha value is -2.55. The molecule has 0 spiro atoms. The number of benzene rings is 2. The van der Waals surface area contributed by atoms with Crippen molar-refractivity contribution in [3.05, 3.63) is 57.6 Å². The molecule has 1 heterocycles. The van der Waals surface area contributed by atoms with Crippen LogP contribution in [0.3, 0.4) is 0 Å². The van der Waals surface area contributed by atoms with Crippen molar-refractivity contribution < 1.29 is 19.2 Å². The van der Waals surface area contributed by atoms with Gasteiger partial charge in [-0.2, -0.15) is 0 Å². The first-order valence-electron chi connectivity index (χ1n) is 8.32. The molecule has 2 aromatic rings. The van der Waals surface area contributed by atoms with Gasteiger partial charge >= 0.3 is 0 Å². The first kappa shape index (κ1) is 21.2. The van der Waals surface area contributed by atoms with Crippen LogP contribution in [0.5, 0.6) is 0 Å². The number of hydrogen-bond acceptors (Lipinski definition) is 5. The Morgan fingerprint density at radius 1 is 1.03 bits per heavy atom. The lowest BCUT2D eigenvalue weighted by Crippen LogP contribution is -2.37. The van der Waals surface area contributed by atoms with E-state index in [0.717, 1.165) is 16.7 Å². The predicted molar refractivity (Wildman–Crippen MR) is 112 cm³/mol. The van der Waals surface area contributed by atoms with Gasteiger partial charge in [-0.3, -0.25) is 24.1 Å². The first-order chi connectivity index (χ1) is 13.7. The van der Waals surface area contributed by atoms with E-state index >= 15 is 0 Å². The standard InChI is InChI=1S/C19H15Cl2N3O4S/c1-23(2)19(28)29-15-6-4-3-5-14(15)22-16(25)9-24-17(26)10-7-12(20)13(21)8-11(10)18(24)27/h3-8H,9H2,1-2H3,(H,22,25). The van der Waals surface area contributed by atoms with Gasteiger partial charge in [0.2, 0.25) is 5.91 Å². The van der Waals surface area contributed by atoms with Crippen molar-refractivity contribution in [1.82, 2.24) is 9.80 Å². The van der Waals surface area contributed by atoms with Gasteiger partial charge in [0.1, 0.15) is 6.54 Å². The van der Waals surface area contributed by atoms with Crippen molar-refractivity contribution in [3.8, 4) is 0 Å². The molecule has 150 valence electrons. The highest BCUT2D eigenvalue weighted by atomic mass is 35.5. The minimum absolute atomic E-state index is 0.102. The number of thioether (sulfide) groups is 1. The number of rotatable bonds is 4. The molecule has 0 radical (unpaired) electrons. The second kappa shape index (κ2) is 8.44. The molecule has 0 bridgehead atoms. The number of anilines is 1. The minimum Gasteiger partial charge on any atom is -0.339 e. The van der Waals surface area contributed by atoms with E-state index in [2.05, 4.69) is 5.32 Å². The largest absolute Gasteiger partial charge is 0.339 e. The van der Waals surface area contributed by atoms with Crippen LogP contribution in [0, 0.1) is 0 Å². The third-order valence-electron chi connectivity index (χ3n) is 4.04. The zero-order valence-corrected chi connectivity index (χ0v) is 17.7. The molecule has 1 N–H and O–H groups in total. The third-order valence-corrected chi connectivity index (χ3v) is 5.87. The van der Waals surface area contributed by atoms with Gasteiger partial charge in [-0.1, -0.05) is 35.3 Å². The van der Waals surface area contributed by atoms with Crippen LogP contribution in [0.15, 0.2) is 41.3 Å². The third kappa shape index (κ3) is 4.39. The van der Waals surface area contributed by atoms with Crippen LogP contribution in [-0.4, -0.2) is 53.4 Å². The average Bonchev–Trinajstić information content (AvgIpc) is 2.88. The van der Waals surface area contributed by atoms with Gasteiger partial charge in [0.15, 0.2) is 0 Å². The summed E-state index contributed by atoms with van der Waals surface area (Å²) < 4.78 is 0. The summed E-state index contributed by atoms with van der Waals surface area (Å²) in [5.41, 5.74) is 0.606. The molecule has 0 unspecified atom stereocenters. The van der Waals surface area contributed by atoms with Crippen molar-refractivity contribution in [2.75, 3.05) is 26.0 Å². The number of carbonyl (C=O) groups is 4. The van der Waals surface area contributed by atoms with E-state index in [-0.39, 0.29) is 26.4 Å². The van der Waals surface area contributed by atoms with Crippen LogP contribution in [0.1, 0.15) is 20.7 Å². The van der Waals surface area contributed by atoms with E-state index in [1.165, 1.54) is 17.0 Å². The number of carbonyl (C=O) groups excluding carboxylic acids is 4. The summed E-state index contributed by atoms with van der Waals surface area (Å²) in [4.78, 5) is 52.3. The molecule has 0 atom stereocenters. The van der Waals surface area contributed by atoms with E-state index in [4.69, 9.17) is 23.2 Å². The van der Waals surface area contributed by atoms with E-state index in [9.17, 15) is 19.2 Å². The maximum atomic E-state index is 12.5. The van der Waals surface area contributed by atoms with Gasteiger partial charge in [-0.05, 0) is 36.0 Å². The Bertz CT molecular complexity index is 1000. The van der Waals surface area contributed by atoms with E-state index in [0.29, 0.717) is 10.6 Å². The summed E-state index contributed by atoms with van der Waals surface area (Å²) in [7, 11) is 3.24. The lowest BCUT2D eigenvalue weighted by atomic mass is 10.1. The summed E-state index contributed by atoms with van der Waals surface area (Å²) in [6.45, 7) is -0.484. The van der Waals surface area contributed by atoms with Crippen LogP contribution in [0.4, 0.5) is 10.5 Å². The molecule has 1 aliphatic rings. The molecular formula is C19H15Cl2N3O4S. The Balaban J connectivity index is 1.75. The summed E-state index contributed by atoms with van der Waals surface area (Å²) in [5, 5.41) is 2.73. The normalized spacial score (nSPS) is 12.8. The quantitative estimate of drug-likeness (QED) is 0.560. The Kier molecular flexibility index (Phi) is 6.16. The number of para-hydroxylation sites is 1. The van der Waals surface area contributed by atoms with Crippen molar-refractivity contribution in [2.24, 2.45) is 0 Å². The van der Waals surface area contributed by atoms with E-state index < -0.39 is 24.3 Å². The van der Waals surface area contributed by atoms with Gasteiger partial charge < -0.3 is 10.2 Å². The molecular weight excluding hydrogens is 437 g/mol. The Morgan fingerprint density at radius 2 is 1.59 bits per heavy atom. The molecule has 0 aliphatic carbocycles. The lowest BCUT2D eigenvalue weighted by molar-refractivity contribution is -0.116. The van der Waals surface area contributed by atoms with Crippen LogP contribution in [0.2, 0.25) is 10.0 Å². The number of nitrogens with one attached hydrogen (secondary N) is 1. The van der Waals surface area contributed by atoms with Crippen molar-refractivity contribution in [2.45, 2.75) is 4.90 Å². The van der Waals surface area contributed by atoms with Gasteiger partial charge in [-0.15, -0.1) is 0 Å². The molecule has 4 amide bonds. The van der Waals surface area contributed by atoms with Crippen LogP contribution in [0.25, 0.3) is 0 Å². The summed E-state index contributed by atoms with van der Waals surface area (Å²) >= 11 is 12.8. The molecule has 7 nitrogen and oxygen atoms in total. The average molecular weight is 452 g/mol. The summed E-state index contributed by atoms with van der Waals surface area (Å²) in [5.74, 6) is -1.82. The van der Waals surface area contributed by atoms with Crippen LogP contribution in [-0.2, 0) is 4.79 Å². The smallest absolute Gasteiger partial charge is 0.286 e. The molecule has 0 saturated heterocycles. The number of imide groups is 1. The fourth-order valence-corrected chi connectivity index (χ4v) is 3.68. The minimum atomic E-state index is -0.621. The molecule has 2 aromatic carbocycles. The van der Waals surface area contributed by atoms with Gasteiger partial charge in [0.05, 0.1) is 26.9 Å². The molecule has 3 rings (SSSR count). The first-order valence-corrected chi connectivity index (χ1v) is 9.89. The highest BCUT2D eigenvalue weighted by molar-refractivity contribution is 8.13. The van der Waals surface area contributed by atoms with Gasteiger partial charge in [0, 0.05) is 19.0 Å². The van der Waals surface area contributed by atoms with Crippen molar-refractivity contribution in [1.29, 1.82) is 0 Å². The number of amides is 4. The number of halogens is 2. The molecule has 0 aromatic heterocycles. The Morgan fingerprint density at radius 3 is 2.14 bits per heavy atom. The number of hydrogen-bond donors (Lipinski definition) is 1. The molecule has 29 heavy (non-hydrogen) atoms. The second-order valence-corrected chi connectivity index (χ2v) is 8.12. The topological polar surface area (TPSA) is 86.8 Å². The maximum Gasteiger partial charge on any atom is 0.286 e. The van der Waals surface area contributed by atoms with E-state index in [1.807, 2.05) is 0 Å². The fraction of sp³-hybridized carbons (Fsp3) is 0.158. The highest BCUT2D eigenvalue weighted by Crippen LogP contribution is 2.32. The fourth-order valence-electron chi connectivity index (χ4n) is 2.60. The second-order valence-electron chi connectivity index (χ2n) is 6.32. The molecule has 1 aliphatic heterocycles. The monoisotopic (exact) mass is 451 g/mol. The molecule has 0 saturated carbocycles. The van der Waals surface area contributed by atoms with Gasteiger partial charge in [0.25, 0.3) is 17.1 Å². The van der Waals surface area contributed by atoms with Crippen molar-refractivity contribution in [3.63, 3.8) is 0 Å². The summed E-state index contributed by atoms with van der Waals surface area (Å²) in [6.07, 6.45) is 0. The van der Waals surface area contributed by atoms with Crippen LogP contribution < -0.4 is 5.32 Å². The molecule has 0 fully saturated rings. The van der Waals surface area contributed by atoms with E-state index in [1.54, 1.807) is 38.4 Å². The molecule has 10 heteroatoms. The SMILES string of the molecule is CN(C)C(=O)Sc1ccccc1NC(=O)CN1C(=O)c2cc(Cl)c(Cl)cc2C1=O. The zero-order valence-electron chi connectivity index (χ0n) is 15.4. The van der Waals surface area contributed by atoms with Crippen LogP contribution >= 0.6 is 35.0 Å². The predicted octanol–water partition coefficient (Wildman–Crippen LogP) is 4.00. The zero-order chi connectivity index (χ0) is 21.3.